The van der Waals surface area contributed by atoms with Crippen LogP contribution in [0.2, 0.25) is 10.0 Å². The minimum Gasteiger partial charge on any atom is -0.443 e. The summed E-state index contributed by atoms with van der Waals surface area (Å²) in [5.41, 5.74) is 3.89. The van der Waals surface area contributed by atoms with Crippen molar-refractivity contribution in [2.45, 2.75) is 59.1 Å². The summed E-state index contributed by atoms with van der Waals surface area (Å²) in [6.45, 7) is 10.1. The van der Waals surface area contributed by atoms with E-state index in [9.17, 15) is 9.18 Å². The van der Waals surface area contributed by atoms with E-state index < -0.39 is 34.1 Å². The van der Waals surface area contributed by atoms with E-state index in [0.29, 0.717) is 22.0 Å². The normalized spacial score (nSPS) is 18.2. The summed E-state index contributed by atoms with van der Waals surface area (Å²) in [4.78, 5) is 14.9. The molecule has 1 aliphatic heterocycles. The van der Waals surface area contributed by atoms with Gasteiger partial charge in [-0.05, 0) is 54.3 Å². The van der Waals surface area contributed by atoms with Gasteiger partial charge in [0.2, 0.25) is 11.6 Å². The van der Waals surface area contributed by atoms with Crippen LogP contribution in [0.15, 0.2) is 71.8 Å². The first kappa shape index (κ1) is 30.9. The Balaban J connectivity index is 1.96. The molecule has 0 bridgehead atoms. The number of nitrogens with zero attached hydrogens (tertiary/aromatic N) is 2. The Kier molecular flexibility index (Phi) is 8.84. The van der Waals surface area contributed by atoms with Gasteiger partial charge in [0.25, 0.3) is 5.91 Å². The number of nitrogens with two attached hydrogens (primary N) is 1. The molecule has 0 fully saturated rings. The van der Waals surface area contributed by atoms with E-state index in [-0.39, 0.29) is 30.3 Å². The molecule has 0 radical (unpaired) electrons. The highest BCUT2D eigenvalue weighted by Gasteiger charge is 2.56. The van der Waals surface area contributed by atoms with Gasteiger partial charge in [-0.15, -0.1) is 5.10 Å². The second-order valence-electron chi connectivity index (χ2n) is 11.9. The number of carbonyl (C=O) groups excluding carboxylic acids is 1. The number of hydrogen-bond donors (Lipinski definition) is 1. The van der Waals surface area contributed by atoms with E-state index in [0.717, 1.165) is 23.8 Å². The van der Waals surface area contributed by atoms with E-state index in [4.69, 9.17) is 33.7 Å². The third-order valence-corrected chi connectivity index (χ3v) is 8.19. The maximum Gasteiger partial charge on any atom is 0.252 e. The summed E-state index contributed by atoms with van der Waals surface area (Å²) < 4.78 is 35.8. The lowest BCUT2D eigenvalue weighted by atomic mass is 9.62. The highest BCUT2D eigenvalue weighted by molar-refractivity contribution is 6.31. The van der Waals surface area contributed by atoms with Crippen LogP contribution >= 0.6 is 23.2 Å². The Morgan fingerprint density at radius 2 is 1.63 bits per heavy atom. The second kappa shape index (κ2) is 11.7. The highest BCUT2D eigenvalue weighted by Crippen LogP contribution is 2.53. The van der Waals surface area contributed by atoms with E-state index in [1.54, 1.807) is 30.3 Å². The maximum absolute atomic E-state index is 15.0. The van der Waals surface area contributed by atoms with Crippen LogP contribution in [0.3, 0.4) is 0 Å². The van der Waals surface area contributed by atoms with E-state index in [1.165, 1.54) is 5.01 Å². The number of ether oxygens (including phenoxy) is 1. The average molecular weight is 603 g/mol. The van der Waals surface area contributed by atoms with Crippen molar-refractivity contribution >= 4 is 35.0 Å². The summed E-state index contributed by atoms with van der Waals surface area (Å²) in [6.07, 6.45) is 0.627. The topological polar surface area (TPSA) is 67.9 Å². The number of hydrogen-bond acceptors (Lipinski definition) is 4. The van der Waals surface area contributed by atoms with Crippen LogP contribution in [0.1, 0.15) is 70.1 Å². The molecule has 5 nitrogen and oxygen atoms in total. The lowest BCUT2D eigenvalue weighted by Crippen LogP contribution is -2.52. The number of carbonyl (C=O) groups is 1. The van der Waals surface area contributed by atoms with Crippen LogP contribution in [0.4, 0.5) is 8.78 Å². The van der Waals surface area contributed by atoms with Gasteiger partial charge >= 0.3 is 0 Å². The Labute approximate surface area is 250 Å². The van der Waals surface area contributed by atoms with Crippen LogP contribution in [-0.4, -0.2) is 23.4 Å². The summed E-state index contributed by atoms with van der Waals surface area (Å²) >= 11 is 13.4. The zero-order valence-electron chi connectivity index (χ0n) is 23.8. The lowest BCUT2D eigenvalue weighted by molar-refractivity contribution is -0.165. The molecule has 2 unspecified atom stereocenters. The molecule has 0 spiro atoms. The van der Waals surface area contributed by atoms with Gasteiger partial charge in [0.1, 0.15) is 11.6 Å². The summed E-state index contributed by atoms with van der Waals surface area (Å²) in [5.74, 6) is -2.42. The molecule has 4 rings (SSSR count). The summed E-state index contributed by atoms with van der Waals surface area (Å²) in [5, 5.41) is 6.69. The number of hydrazone groups is 1. The highest BCUT2D eigenvalue weighted by atomic mass is 35.5. The monoisotopic (exact) mass is 601 g/mol. The molecule has 3 aromatic rings. The number of benzene rings is 3. The fourth-order valence-corrected chi connectivity index (χ4v) is 6.53. The zero-order valence-corrected chi connectivity index (χ0v) is 25.4. The quantitative estimate of drug-likeness (QED) is 0.282. The average Bonchev–Trinajstić information content (AvgIpc) is 3.29. The van der Waals surface area contributed by atoms with Gasteiger partial charge in [-0.1, -0.05) is 94.2 Å². The van der Waals surface area contributed by atoms with Crippen LogP contribution in [0.5, 0.6) is 0 Å². The molecule has 218 valence electrons. The van der Waals surface area contributed by atoms with Gasteiger partial charge in [0.05, 0.1) is 11.0 Å². The largest absolute Gasteiger partial charge is 0.443 e. The molecule has 1 aliphatic rings. The van der Waals surface area contributed by atoms with Gasteiger partial charge < -0.3 is 10.5 Å². The minimum atomic E-state index is -1.57. The van der Waals surface area contributed by atoms with Crippen molar-refractivity contribution in [3.05, 3.63) is 105 Å². The Hall–Kier alpha value is -3.00. The molecule has 1 heterocycles. The molecular formula is C32H35Cl2F2N3O2. The standard InChI is InChI=1S/C32H35Cl2F2N3O2/c1-30(2,3)27(21-11-6-8-13-24(21)33)31(4,5)29(40)39-32(17-10-18-37,23-12-7-9-14-25(23)34)41-28(38-39)22-19-20(35)15-16-26(22)36/h6-9,11-16,19,27H,10,17-18,37H2,1-5H3. The number of halogens is 4. The van der Waals surface area contributed by atoms with Crippen molar-refractivity contribution in [1.82, 2.24) is 5.01 Å². The predicted molar refractivity (Wildman–Crippen MR) is 160 cm³/mol. The van der Waals surface area contributed by atoms with Gasteiger partial charge in [-0.25, -0.2) is 8.78 Å². The van der Waals surface area contributed by atoms with Gasteiger partial charge in [-0.2, -0.15) is 5.01 Å². The summed E-state index contributed by atoms with van der Waals surface area (Å²) in [6, 6.07) is 17.4. The molecule has 1 amide bonds. The number of amides is 1. The van der Waals surface area contributed by atoms with Crippen molar-refractivity contribution < 1.29 is 18.3 Å². The minimum absolute atomic E-state index is 0.200. The second-order valence-corrected chi connectivity index (χ2v) is 12.8. The van der Waals surface area contributed by atoms with E-state index in [2.05, 4.69) is 5.10 Å². The molecule has 41 heavy (non-hydrogen) atoms. The Morgan fingerprint density at radius 3 is 2.24 bits per heavy atom. The first-order valence-electron chi connectivity index (χ1n) is 13.5. The first-order valence-corrected chi connectivity index (χ1v) is 14.3. The SMILES string of the molecule is CC(C)(C)C(c1ccccc1Cl)C(C)(C)C(=O)N1N=C(c2cc(F)ccc2F)OC1(CCCN)c1ccccc1Cl. The molecule has 0 saturated carbocycles. The lowest BCUT2D eigenvalue weighted by Gasteiger charge is -2.46. The van der Waals surface area contributed by atoms with E-state index >= 15 is 4.39 Å². The molecule has 0 saturated heterocycles. The fourth-order valence-electron chi connectivity index (χ4n) is 6.00. The smallest absolute Gasteiger partial charge is 0.252 e. The zero-order chi connectivity index (χ0) is 30.2. The molecule has 0 aromatic heterocycles. The molecule has 9 heteroatoms. The van der Waals surface area contributed by atoms with Crippen molar-refractivity contribution in [3.63, 3.8) is 0 Å². The Bertz CT molecular complexity index is 1470. The molecule has 2 N–H and O–H groups in total. The van der Waals surface area contributed by atoms with E-state index in [1.807, 2.05) is 52.8 Å². The third-order valence-electron chi connectivity index (χ3n) is 7.52. The maximum atomic E-state index is 15.0. The molecule has 3 aromatic carbocycles. The molecular weight excluding hydrogens is 567 g/mol. The van der Waals surface area contributed by atoms with Crippen molar-refractivity contribution in [1.29, 1.82) is 0 Å². The van der Waals surface area contributed by atoms with Crippen LogP contribution in [0, 0.1) is 22.5 Å². The van der Waals surface area contributed by atoms with Gasteiger partial charge in [0.15, 0.2) is 0 Å². The molecule has 2 atom stereocenters. The van der Waals surface area contributed by atoms with Gasteiger partial charge in [0, 0.05) is 27.9 Å². The Morgan fingerprint density at radius 1 is 1.00 bits per heavy atom. The van der Waals surface area contributed by atoms with Crippen molar-refractivity contribution in [2.75, 3.05) is 6.54 Å². The third kappa shape index (κ3) is 5.85. The molecule has 0 aliphatic carbocycles. The number of rotatable bonds is 8. The van der Waals surface area contributed by atoms with Crippen LogP contribution < -0.4 is 5.73 Å². The predicted octanol–water partition coefficient (Wildman–Crippen LogP) is 8.24. The fraction of sp³-hybridized carbons (Fsp3) is 0.375. The van der Waals surface area contributed by atoms with Gasteiger partial charge in [-0.3, -0.25) is 4.79 Å². The van der Waals surface area contributed by atoms with Crippen molar-refractivity contribution in [3.8, 4) is 0 Å². The van der Waals surface area contributed by atoms with Crippen LogP contribution in [0.25, 0.3) is 0 Å². The van der Waals surface area contributed by atoms with Crippen molar-refractivity contribution in [2.24, 2.45) is 21.7 Å². The summed E-state index contributed by atoms with van der Waals surface area (Å²) in [7, 11) is 0. The first-order chi connectivity index (χ1) is 19.2. The van der Waals surface area contributed by atoms with Crippen LogP contribution in [-0.2, 0) is 15.3 Å².